The number of fused-ring (bicyclic) bond motifs is 1. The molecule has 1 heterocycles. The summed E-state index contributed by atoms with van der Waals surface area (Å²) in [5.74, 6) is 1.57. The first-order chi connectivity index (χ1) is 12.2. The van der Waals surface area contributed by atoms with Crippen LogP contribution in [0.2, 0.25) is 0 Å². The lowest BCUT2D eigenvalue weighted by Crippen LogP contribution is -2.29. The Bertz CT molecular complexity index is 731. The summed E-state index contributed by atoms with van der Waals surface area (Å²) in [4.78, 5) is 11.3. The van der Waals surface area contributed by atoms with Gasteiger partial charge >= 0.3 is 6.09 Å². The summed E-state index contributed by atoms with van der Waals surface area (Å²) < 4.78 is 21.2. The van der Waals surface area contributed by atoms with Crippen molar-refractivity contribution in [3.05, 3.63) is 53.6 Å². The molecule has 2 N–H and O–H groups in total. The van der Waals surface area contributed by atoms with Crippen molar-refractivity contribution in [2.75, 3.05) is 20.4 Å². The number of hydrogen-bond donors (Lipinski definition) is 2. The van der Waals surface area contributed by atoms with Crippen molar-refractivity contribution in [3.63, 3.8) is 0 Å². The molecule has 2 aromatic rings. The van der Waals surface area contributed by atoms with Gasteiger partial charge < -0.3 is 29.4 Å². The summed E-state index contributed by atoms with van der Waals surface area (Å²) in [6.45, 7) is 0.784. The van der Waals surface area contributed by atoms with Crippen molar-refractivity contribution in [2.45, 2.75) is 12.7 Å². The molecule has 0 aromatic heterocycles. The van der Waals surface area contributed by atoms with E-state index in [0.29, 0.717) is 18.1 Å². The fourth-order valence-electron chi connectivity index (χ4n) is 2.44. The number of carbonyl (C=O) groups is 1. The highest BCUT2D eigenvalue weighted by Gasteiger charge is 2.17. The zero-order valence-electron chi connectivity index (χ0n) is 13.7. The number of alkyl carbamates (subject to hydrolysis) is 1. The molecule has 25 heavy (non-hydrogen) atoms. The summed E-state index contributed by atoms with van der Waals surface area (Å²) in [6.07, 6.45) is -0.930. The van der Waals surface area contributed by atoms with E-state index in [-0.39, 0.29) is 19.1 Å². The van der Waals surface area contributed by atoms with Crippen LogP contribution in [-0.4, -0.2) is 31.6 Å². The standard InChI is InChI=1S/C18H19NO6/c1-22-18(21)19-9-17(13-3-5-14(20)6-4-13)23-10-12-2-7-15-16(8-12)25-11-24-15/h2-8,17,20H,9-11H2,1H3,(H,19,21). The molecular weight excluding hydrogens is 326 g/mol. The molecule has 0 saturated carbocycles. The Hall–Kier alpha value is -2.93. The van der Waals surface area contributed by atoms with Gasteiger partial charge in [0.15, 0.2) is 11.5 Å². The Balaban J connectivity index is 1.68. The lowest BCUT2D eigenvalue weighted by molar-refractivity contribution is 0.0392. The normalized spacial score (nSPS) is 13.3. The van der Waals surface area contributed by atoms with Gasteiger partial charge in [0.25, 0.3) is 0 Å². The highest BCUT2D eigenvalue weighted by molar-refractivity contribution is 5.66. The third-order valence-corrected chi connectivity index (χ3v) is 3.77. The second-order valence-corrected chi connectivity index (χ2v) is 5.45. The molecule has 0 saturated heterocycles. The summed E-state index contributed by atoms with van der Waals surface area (Å²) >= 11 is 0. The van der Waals surface area contributed by atoms with Gasteiger partial charge in [0, 0.05) is 0 Å². The van der Waals surface area contributed by atoms with Crippen LogP contribution in [0.1, 0.15) is 17.2 Å². The van der Waals surface area contributed by atoms with Gasteiger partial charge in [0.1, 0.15) is 11.9 Å². The zero-order chi connectivity index (χ0) is 17.6. The zero-order valence-corrected chi connectivity index (χ0v) is 13.7. The van der Waals surface area contributed by atoms with Crippen LogP contribution >= 0.6 is 0 Å². The minimum atomic E-state index is -0.532. The lowest BCUT2D eigenvalue weighted by atomic mass is 10.1. The van der Waals surface area contributed by atoms with Gasteiger partial charge in [-0.05, 0) is 35.4 Å². The fraction of sp³-hybridized carbons (Fsp3) is 0.278. The van der Waals surface area contributed by atoms with Crippen molar-refractivity contribution in [2.24, 2.45) is 0 Å². The van der Waals surface area contributed by atoms with Crippen LogP contribution < -0.4 is 14.8 Å². The number of nitrogens with one attached hydrogen (secondary N) is 1. The first kappa shape index (κ1) is 16.9. The maximum absolute atomic E-state index is 11.3. The van der Waals surface area contributed by atoms with E-state index in [1.54, 1.807) is 24.3 Å². The van der Waals surface area contributed by atoms with E-state index in [9.17, 15) is 9.90 Å². The van der Waals surface area contributed by atoms with Gasteiger partial charge in [-0.1, -0.05) is 18.2 Å². The van der Waals surface area contributed by atoms with Crippen LogP contribution in [0.4, 0.5) is 4.79 Å². The van der Waals surface area contributed by atoms with Crippen molar-refractivity contribution >= 4 is 6.09 Å². The quantitative estimate of drug-likeness (QED) is 0.837. The average molecular weight is 345 g/mol. The molecule has 1 aliphatic rings. The molecule has 3 rings (SSSR count). The van der Waals surface area contributed by atoms with Gasteiger partial charge in [0.05, 0.1) is 20.3 Å². The highest BCUT2D eigenvalue weighted by atomic mass is 16.7. The van der Waals surface area contributed by atoms with E-state index in [1.807, 2.05) is 18.2 Å². The molecule has 0 aliphatic carbocycles. The van der Waals surface area contributed by atoms with E-state index >= 15 is 0 Å². The number of rotatable bonds is 6. The molecule has 1 unspecified atom stereocenters. The minimum Gasteiger partial charge on any atom is -0.508 e. The second-order valence-electron chi connectivity index (χ2n) is 5.45. The molecule has 0 radical (unpaired) electrons. The van der Waals surface area contributed by atoms with Crippen LogP contribution in [0.5, 0.6) is 17.2 Å². The third-order valence-electron chi connectivity index (χ3n) is 3.77. The molecule has 1 atom stereocenters. The largest absolute Gasteiger partial charge is 0.508 e. The molecule has 0 fully saturated rings. The summed E-state index contributed by atoms with van der Waals surface area (Å²) in [7, 11) is 1.30. The van der Waals surface area contributed by atoms with E-state index in [2.05, 4.69) is 10.1 Å². The molecule has 0 spiro atoms. The molecule has 132 valence electrons. The number of ether oxygens (including phenoxy) is 4. The van der Waals surface area contributed by atoms with Crippen molar-refractivity contribution in [1.82, 2.24) is 5.32 Å². The minimum absolute atomic E-state index is 0.166. The van der Waals surface area contributed by atoms with Crippen LogP contribution in [0.25, 0.3) is 0 Å². The SMILES string of the molecule is COC(=O)NCC(OCc1ccc2c(c1)OCO2)c1ccc(O)cc1. The number of carbonyl (C=O) groups excluding carboxylic acids is 1. The number of methoxy groups -OCH3 is 1. The van der Waals surface area contributed by atoms with Gasteiger partial charge in [-0.25, -0.2) is 4.79 Å². The molecule has 2 aromatic carbocycles. The highest BCUT2D eigenvalue weighted by Crippen LogP contribution is 2.33. The van der Waals surface area contributed by atoms with Crippen LogP contribution in [0.3, 0.4) is 0 Å². The molecule has 1 amide bonds. The topological polar surface area (TPSA) is 86.3 Å². The molecule has 0 bridgehead atoms. The number of amides is 1. The molecule has 7 heteroatoms. The van der Waals surface area contributed by atoms with Crippen LogP contribution in [-0.2, 0) is 16.1 Å². The van der Waals surface area contributed by atoms with E-state index in [0.717, 1.165) is 11.1 Å². The Kier molecular flexibility index (Phi) is 5.25. The molecule has 7 nitrogen and oxygen atoms in total. The van der Waals surface area contributed by atoms with Crippen molar-refractivity contribution in [3.8, 4) is 17.2 Å². The number of aromatic hydroxyl groups is 1. The summed E-state index contributed by atoms with van der Waals surface area (Å²) in [5, 5.41) is 12.1. The Labute approximate surface area is 145 Å². The van der Waals surface area contributed by atoms with Gasteiger partial charge in [-0.15, -0.1) is 0 Å². The maximum atomic E-state index is 11.3. The summed E-state index contributed by atoms with van der Waals surface area (Å²) in [6, 6.07) is 12.2. The Morgan fingerprint density at radius 1 is 1.20 bits per heavy atom. The van der Waals surface area contributed by atoms with Crippen LogP contribution in [0.15, 0.2) is 42.5 Å². The smallest absolute Gasteiger partial charge is 0.406 e. The summed E-state index contributed by atoms with van der Waals surface area (Å²) in [5.41, 5.74) is 1.75. The predicted molar refractivity (Wildman–Crippen MR) is 88.6 cm³/mol. The van der Waals surface area contributed by atoms with Crippen molar-refractivity contribution in [1.29, 1.82) is 0 Å². The lowest BCUT2D eigenvalue weighted by Gasteiger charge is -2.19. The van der Waals surface area contributed by atoms with Crippen LogP contribution in [0, 0.1) is 0 Å². The first-order valence-electron chi connectivity index (χ1n) is 7.76. The van der Waals surface area contributed by atoms with E-state index in [1.165, 1.54) is 7.11 Å². The predicted octanol–water partition coefficient (Wildman–Crippen LogP) is 2.73. The number of hydrogen-bond acceptors (Lipinski definition) is 6. The van der Waals surface area contributed by atoms with Gasteiger partial charge in [-0.3, -0.25) is 0 Å². The third kappa shape index (κ3) is 4.33. The number of benzene rings is 2. The number of phenolic OH excluding ortho intramolecular Hbond substituents is 1. The first-order valence-corrected chi connectivity index (χ1v) is 7.76. The number of phenols is 1. The van der Waals surface area contributed by atoms with E-state index in [4.69, 9.17) is 14.2 Å². The fourth-order valence-corrected chi connectivity index (χ4v) is 2.44. The Morgan fingerprint density at radius 2 is 1.96 bits per heavy atom. The Morgan fingerprint density at radius 3 is 2.72 bits per heavy atom. The molecule has 1 aliphatic heterocycles. The molecular formula is C18H19NO6. The average Bonchev–Trinajstić information content (AvgIpc) is 3.10. The maximum Gasteiger partial charge on any atom is 0.406 e. The van der Waals surface area contributed by atoms with E-state index < -0.39 is 12.2 Å². The second kappa shape index (κ2) is 7.76. The van der Waals surface area contributed by atoms with Gasteiger partial charge in [-0.2, -0.15) is 0 Å². The van der Waals surface area contributed by atoms with Gasteiger partial charge in [0.2, 0.25) is 6.79 Å². The monoisotopic (exact) mass is 345 g/mol. The van der Waals surface area contributed by atoms with Crippen molar-refractivity contribution < 1.29 is 28.8 Å².